The van der Waals surface area contributed by atoms with Gasteiger partial charge in [0.05, 0.1) is 5.02 Å². The molecule has 3 N–H and O–H groups in total. The molecule has 0 atom stereocenters. The molecule has 0 bridgehead atoms. The summed E-state index contributed by atoms with van der Waals surface area (Å²) in [6.07, 6.45) is 0. The van der Waals surface area contributed by atoms with Crippen LogP contribution >= 0.6 is 11.6 Å². The lowest BCUT2D eigenvalue weighted by atomic mass is 10.2. The average Bonchev–Trinajstić information content (AvgIpc) is 2.26. The summed E-state index contributed by atoms with van der Waals surface area (Å²) in [6, 6.07) is 4.87. The van der Waals surface area contributed by atoms with Gasteiger partial charge in [-0.25, -0.2) is 0 Å². The molecule has 0 radical (unpaired) electrons. The van der Waals surface area contributed by atoms with Crippen molar-refractivity contribution in [2.24, 2.45) is 5.73 Å². The Balaban J connectivity index is 2.83. The van der Waals surface area contributed by atoms with Gasteiger partial charge in [-0.15, -0.1) is 0 Å². The van der Waals surface area contributed by atoms with Crippen molar-refractivity contribution < 1.29 is 9.53 Å². The first-order valence-corrected chi connectivity index (χ1v) is 4.91. The van der Waals surface area contributed by atoms with E-state index in [2.05, 4.69) is 5.32 Å². The van der Waals surface area contributed by atoms with Gasteiger partial charge in [-0.05, 0) is 18.2 Å². The summed E-state index contributed by atoms with van der Waals surface area (Å²) >= 11 is 5.92. The van der Waals surface area contributed by atoms with Crippen molar-refractivity contribution >= 4 is 17.5 Å². The van der Waals surface area contributed by atoms with Crippen LogP contribution in [-0.4, -0.2) is 26.1 Å². The van der Waals surface area contributed by atoms with Crippen LogP contribution in [0.25, 0.3) is 0 Å². The molecule has 82 valence electrons. The SMILES string of the molecule is CNC(=O)c1ccc(OCCN)c(Cl)c1. The highest BCUT2D eigenvalue weighted by Gasteiger charge is 2.07. The molecule has 0 saturated heterocycles. The van der Waals surface area contributed by atoms with E-state index in [0.29, 0.717) is 29.5 Å². The Morgan fingerprint density at radius 1 is 1.60 bits per heavy atom. The van der Waals surface area contributed by atoms with Crippen molar-refractivity contribution in [3.8, 4) is 5.75 Å². The minimum absolute atomic E-state index is 0.178. The standard InChI is InChI=1S/C10H13ClN2O2/c1-13-10(14)7-2-3-9(8(11)6-7)15-5-4-12/h2-3,6H,4-5,12H2,1H3,(H,13,14). The zero-order valence-corrected chi connectivity index (χ0v) is 9.17. The highest BCUT2D eigenvalue weighted by Crippen LogP contribution is 2.25. The van der Waals surface area contributed by atoms with E-state index in [1.807, 2.05) is 0 Å². The highest BCUT2D eigenvalue weighted by molar-refractivity contribution is 6.32. The van der Waals surface area contributed by atoms with Gasteiger partial charge in [0.1, 0.15) is 12.4 Å². The van der Waals surface area contributed by atoms with Gasteiger partial charge in [0.15, 0.2) is 0 Å². The van der Waals surface area contributed by atoms with E-state index in [1.165, 1.54) is 0 Å². The molecular weight excluding hydrogens is 216 g/mol. The number of rotatable bonds is 4. The van der Waals surface area contributed by atoms with Crippen LogP contribution in [0.5, 0.6) is 5.75 Å². The summed E-state index contributed by atoms with van der Waals surface area (Å²) in [5.41, 5.74) is 5.80. The molecule has 1 aromatic rings. The molecular formula is C10H13ClN2O2. The molecule has 0 spiro atoms. The number of nitrogens with two attached hydrogens (primary N) is 1. The maximum absolute atomic E-state index is 11.3. The Morgan fingerprint density at radius 2 is 2.33 bits per heavy atom. The Bertz CT molecular complexity index is 355. The summed E-state index contributed by atoms with van der Waals surface area (Å²) in [5, 5.41) is 2.92. The number of carbonyl (C=O) groups excluding carboxylic acids is 1. The van der Waals surface area contributed by atoms with Crippen molar-refractivity contribution in [3.63, 3.8) is 0 Å². The van der Waals surface area contributed by atoms with Gasteiger partial charge in [0.25, 0.3) is 5.91 Å². The van der Waals surface area contributed by atoms with Gasteiger partial charge in [0, 0.05) is 19.2 Å². The molecule has 0 aliphatic carbocycles. The van der Waals surface area contributed by atoms with Crippen molar-refractivity contribution in [3.05, 3.63) is 28.8 Å². The van der Waals surface area contributed by atoms with Gasteiger partial charge in [-0.2, -0.15) is 0 Å². The topological polar surface area (TPSA) is 64.3 Å². The minimum Gasteiger partial charge on any atom is -0.491 e. The third-order valence-electron chi connectivity index (χ3n) is 1.80. The quantitative estimate of drug-likeness (QED) is 0.809. The smallest absolute Gasteiger partial charge is 0.251 e. The van der Waals surface area contributed by atoms with E-state index in [9.17, 15) is 4.79 Å². The normalized spacial score (nSPS) is 9.80. The second-order valence-corrected chi connectivity index (χ2v) is 3.27. The van der Waals surface area contributed by atoms with Gasteiger partial charge >= 0.3 is 0 Å². The second-order valence-electron chi connectivity index (χ2n) is 2.86. The van der Waals surface area contributed by atoms with Crippen LogP contribution in [0.3, 0.4) is 0 Å². The van der Waals surface area contributed by atoms with E-state index in [0.717, 1.165) is 0 Å². The molecule has 1 amide bonds. The zero-order chi connectivity index (χ0) is 11.3. The summed E-state index contributed by atoms with van der Waals surface area (Å²) in [5.74, 6) is 0.358. The lowest BCUT2D eigenvalue weighted by Gasteiger charge is -2.07. The zero-order valence-electron chi connectivity index (χ0n) is 8.42. The van der Waals surface area contributed by atoms with Crippen LogP contribution in [0.15, 0.2) is 18.2 Å². The Hall–Kier alpha value is -1.26. The molecule has 5 heteroatoms. The fourth-order valence-corrected chi connectivity index (χ4v) is 1.31. The maximum Gasteiger partial charge on any atom is 0.251 e. The molecule has 0 aromatic heterocycles. The minimum atomic E-state index is -0.178. The summed E-state index contributed by atoms with van der Waals surface area (Å²) in [7, 11) is 1.56. The highest BCUT2D eigenvalue weighted by atomic mass is 35.5. The van der Waals surface area contributed by atoms with Crippen molar-refractivity contribution in [2.75, 3.05) is 20.2 Å². The van der Waals surface area contributed by atoms with Gasteiger partial charge in [-0.1, -0.05) is 11.6 Å². The molecule has 0 fully saturated rings. The third-order valence-corrected chi connectivity index (χ3v) is 2.09. The molecule has 1 rings (SSSR count). The number of carbonyl (C=O) groups is 1. The summed E-state index contributed by atoms with van der Waals surface area (Å²) in [4.78, 5) is 11.3. The molecule has 0 aliphatic rings. The van der Waals surface area contributed by atoms with Crippen molar-refractivity contribution in [2.45, 2.75) is 0 Å². The average molecular weight is 229 g/mol. The van der Waals surface area contributed by atoms with Crippen molar-refractivity contribution in [1.29, 1.82) is 0 Å². The van der Waals surface area contributed by atoms with Crippen LogP contribution in [0, 0.1) is 0 Å². The maximum atomic E-state index is 11.3. The van der Waals surface area contributed by atoms with E-state index < -0.39 is 0 Å². The number of halogens is 1. The molecule has 15 heavy (non-hydrogen) atoms. The largest absolute Gasteiger partial charge is 0.491 e. The van der Waals surface area contributed by atoms with Gasteiger partial charge < -0.3 is 15.8 Å². The number of ether oxygens (including phenoxy) is 1. The molecule has 4 nitrogen and oxygen atoms in total. The molecule has 1 aromatic carbocycles. The van der Waals surface area contributed by atoms with E-state index in [4.69, 9.17) is 22.1 Å². The van der Waals surface area contributed by atoms with Gasteiger partial charge in [-0.3, -0.25) is 4.79 Å². The number of hydrogen-bond donors (Lipinski definition) is 2. The van der Waals surface area contributed by atoms with E-state index >= 15 is 0 Å². The number of amides is 1. The van der Waals surface area contributed by atoms with Crippen LogP contribution in [0.1, 0.15) is 10.4 Å². The van der Waals surface area contributed by atoms with Crippen LogP contribution in [0.4, 0.5) is 0 Å². The van der Waals surface area contributed by atoms with Crippen LogP contribution in [-0.2, 0) is 0 Å². The summed E-state index contributed by atoms with van der Waals surface area (Å²) in [6.45, 7) is 0.826. The predicted molar refractivity (Wildman–Crippen MR) is 59.4 cm³/mol. The number of hydrogen-bond acceptors (Lipinski definition) is 3. The third kappa shape index (κ3) is 3.11. The molecule has 0 saturated carbocycles. The Morgan fingerprint density at radius 3 is 2.87 bits per heavy atom. The molecule has 0 heterocycles. The van der Waals surface area contributed by atoms with Crippen LogP contribution in [0.2, 0.25) is 5.02 Å². The lowest BCUT2D eigenvalue weighted by Crippen LogP contribution is -2.17. The monoisotopic (exact) mass is 228 g/mol. The number of nitrogens with one attached hydrogen (secondary N) is 1. The molecule has 0 unspecified atom stereocenters. The summed E-state index contributed by atoms with van der Waals surface area (Å²) < 4.78 is 5.27. The van der Waals surface area contributed by atoms with Gasteiger partial charge in [0.2, 0.25) is 0 Å². The predicted octanol–water partition coefficient (Wildman–Crippen LogP) is 1.04. The first-order valence-electron chi connectivity index (χ1n) is 4.53. The van der Waals surface area contributed by atoms with Crippen LogP contribution < -0.4 is 15.8 Å². The second kappa shape index (κ2) is 5.58. The lowest BCUT2D eigenvalue weighted by molar-refractivity contribution is 0.0963. The Labute approximate surface area is 93.4 Å². The fourth-order valence-electron chi connectivity index (χ4n) is 1.07. The fraction of sp³-hybridized carbons (Fsp3) is 0.300. The van der Waals surface area contributed by atoms with E-state index in [-0.39, 0.29) is 5.91 Å². The molecule has 0 aliphatic heterocycles. The number of benzene rings is 1. The first kappa shape index (κ1) is 11.8. The Kier molecular flexibility index (Phi) is 4.39. The first-order chi connectivity index (χ1) is 7.19. The van der Waals surface area contributed by atoms with E-state index in [1.54, 1.807) is 25.2 Å². The van der Waals surface area contributed by atoms with Crippen molar-refractivity contribution in [1.82, 2.24) is 5.32 Å².